The molecule has 0 saturated heterocycles. The normalized spacial score (nSPS) is 10.3. The summed E-state index contributed by atoms with van der Waals surface area (Å²) in [6.07, 6.45) is 1.59. The number of hydrogen-bond donors (Lipinski definition) is 1. The zero-order chi connectivity index (χ0) is 14.5. The topological polar surface area (TPSA) is 59.2 Å². The molecule has 0 spiro atoms. The Morgan fingerprint density at radius 1 is 1.30 bits per heavy atom. The summed E-state index contributed by atoms with van der Waals surface area (Å²) >= 11 is 0. The number of carbonyl (C=O) groups excluding carboxylic acids is 1. The van der Waals surface area contributed by atoms with Crippen molar-refractivity contribution in [2.75, 3.05) is 12.3 Å². The van der Waals surface area contributed by atoms with Gasteiger partial charge in [0.2, 0.25) is 0 Å². The maximum Gasteiger partial charge on any atom is 0.274 e. The molecule has 4 heteroatoms. The van der Waals surface area contributed by atoms with E-state index in [0.717, 1.165) is 5.56 Å². The first kappa shape index (κ1) is 14.1. The predicted octanol–water partition coefficient (Wildman–Crippen LogP) is 2.63. The number of benzene rings is 1. The van der Waals surface area contributed by atoms with Gasteiger partial charge in [-0.25, -0.2) is 4.98 Å². The van der Waals surface area contributed by atoms with E-state index in [1.807, 2.05) is 32.0 Å². The molecular formula is C16H19N3O. The first-order valence-electron chi connectivity index (χ1n) is 6.67. The molecule has 1 amide bonds. The molecule has 0 unspecified atom stereocenters. The third kappa shape index (κ3) is 3.15. The van der Waals surface area contributed by atoms with E-state index in [-0.39, 0.29) is 5.91 Å². The number of nitrogen functional groups attached to an aromatic ring is 1. The fourth-order valence-corrected chi connectivity index (χ4v) is 2.10. The van der Waals surface area contributed by atoms with E-state index in [0.29, 0.717) is 24.5 Å². The molecule has 104 valence electrons. The van der Waals surface area contributed by atoms with Gasteiger partial charge in [0.15, 0.2) is 5.69 Å². The number of aromatic nitrogens is 1. The Morgan fingerprint density at radius 3 is 2.75 bits per heavy atom. The number of aryl methyl sites for hydroxylation is 1. The quantitative estimate of drug-likeness (QED) is 0.928. The third-order valence-electron chi connectivity index (χ3n) is 3.17. The van der Waals surface area contributed by atoms with E-state index in [2.05, 4.69) is 11.1 Å². The number of rotatable bonds is 4. The van der Waals surface area contributed by atoms with E-state index in [1.165, 1.54) is 5.56 Å². The standard InChI is InChI=1S/C16H19N3O/c1-3-19(11-13-7-4-6-12(2)10-13)16(20)15-14(17)8-5-9-18-15/h4-10H,3,11,17H2,1-2H3. The summed E-state index contributed by atoms with van der Waals surface area (Å²) < 4.78 is 0. The van der Waals surface area contributed by atoms with Crippen LogP contribution in [0, 0.1) is 6.92 Å². The largest absolute Gasteiger partial charge is 0.397 e. The van der Waals surface area contributed by atoms with Gasteiger partial charge in [0, 0.05) is 19.3 Å². The zero-order valence-corrected chi connectivity index (χ0v) is 11.8. The van der Waals surface area contributed by atoms with E-state index < -0.39 is 0 Å². The first-order valence-corrected chi connectivity index (χ1v) is 6.67. The highest BCUT2D eigenvalue weighted by atomic mass is 16.2. The van der Waals surface area contributed by atoms with Gasteiger partial charge in [0.25, 0.3) is 5.91 Å². The van der Waals surface area contributed by atoms with Gasteiger partial charge >= 0.3 is 0 Å². The van der Waals surface area contributed by atoms with Gasteiger partial charge in [-0.1, -0.05) is 29.8 Å². The number of carbonyl (C=O) groups is 1. The van der Waals surface area contributed by atoms with Gasteiger partial charge in [-0.3, -0.25) is 4.79 Å². The molecule has 1 heterocycles. The van der Waals surface area contributed by atoms with Crippen molar-refractivity contribution in [2.45, 2.75) is 20.4 Å². The average molecular weight is 269 g/mol. The lowest BCUT2D eigenvalue weighted by Crippen LogP contribution is -2.31. The van der Waals surface area contributed by atoms with Gasteiger partial charge in [0.1, 0.15) is 0 Å². The van der Waals surface area contributed by atoms with Crippen molar-refractivity contribution in [3.63, 3.8) is 0 Å². The van der Waals surface area contributed by atoms with Crippen LogP contribution in [0.4, 0.5) is 5.69 Å². The van der Waals surface area contributed by atoms with Crippen molar-refractivity contribution in [3.8, 4) is 0 Å². The fraction of sp³-hybridized carbons (Fsp3) is 0.250. The summed E-state index contributed by atoms with van der Waals surface area (Å²) in [5.41, 5.74) is 8.85. The maximum atomic E-state index is 12.5. The van der Waals surface area contributed by atoms with Gasteiger partial charge in [-0.05, 0) is 31.5 Å². The van der Waals surface area contributed by atoms with Crippen LogP contribution in [0.5, 0.6) is 0 Å². The molecule has 0 aliphatic heterocycles. The second-order valence-electron chi connectivity index (χ2n) is 4.75. The highest BCUT2D eigenvalue weighted by Crippen LogP contribution is 2.14. The molecule has 1 aromatic heterocycles. The number of pyridine rings is 1. The number of hydrogen-bond acceptors (Lipinski definition) is 3. The summed E-state index contributed by atoms with van der Waals surface area (Å²) in [5, 5.41) is 0. The van der Waals surface area contributed by atoms with Crippen molar-refractivity contribution in [3.05, 3.63) is 59.4 Å². The number of nitrogens with zero attached hydrogens (tertiary/aromatic N) is 2. The molecule has 1 aromatic carbocycles. The SMILES string of the molecule is CCN(Cc1cccc(C)c1)C(=O)c1ncccc1N. The molecule has 4 nitrogen and oxygen atoms in total. The minimum Gasteiger partial charge on any atom is -0.397 e. The molecular weight excluding hydrogens is 250 g/mol. The van der Waals surface area contributed by atoms with Gasteiger partial charge < -0.3 is 10.6 Å². The monoisotopic (exact) mass is 269 g/mol. The molecule has 0 saturated carbocycles. The molecule has 2 N–H and O–H groups in total. The van der Waals surface area contributed by atoms with Crippen LogP contribution in [0.25, 0.3) is 0 Å². The number of anilines is 1. The van der Waals surface area contributed by atoms with Crippen LogP contribution in [0.1, 0.15) is 28.5 Å². The average Bonchev–Trinajstić information content (AvgIpc) is 2.44. The van der Waals surface area contributed by atoms with Gasteiger partial charge in [-0.2, -0.15) is 0 Å². The lowest BCUT2D eigenvalue weighted by Gasteiger charge is -2.21. The molecule has 0 fully saturated rings. The second kappa shape index (κ2) is 6.19. The smallest absolute Gasteiger partial charge is 0.274 e. The maximum absolute atomic E-state index is 12.5. The number of amides is 1. The van der Waals surface area contributed by atoms with E-state index >= 15 is 0 Å². The molecule has 0 atom stereocenters. The van der Waals surface area contributed by atoms with Crippen molar-refractivity contribution < 1.29 is 4.79 Å². The molecule has 0 aliphatic rings. The van der Waals surface area contributed by atoms with Crippen LogP contribution in [-0.2, 0) is 6.54 Å². The summed E-state index contributed by atoms with van der Waals surface area (Å²) in [6.45, 7) is 5.17. The van der Waals surface area contributed by atoms with Gasteiger partial charge in [0.05, 0.1) is 5.69 Å². The zero-order valence-electron chi connectivity index (χ0n) is 11.8. The molecule has 2 rings (SSSR count). The molecule has 0 aliphatic carbocycles. The van der Waals surface area contributed by atoms with Crippen molar-refractivity contribution in [1.82, 2.24) is 9.88 Å². The Morgan fingerprint density at radius 2 is 2.10 bits per heavy atom. The first-order chi connectivity index (χ1) is 9.61. The summed E-state index contributed by atoms with van der Waals surface area (Å²) in [4.78, 5) is 18.3. The Kier molecular flexibility index (Phi) is 4.35. The van der Waals surface area contributed by atoms with Crippen molar-refractivity contribution in [2.24, 2.45) is 0 Å². The summed E-state index contributed by atoms with van der Waals surface area (Å²) in [6, 6.07) is 11.6. The lowest BCUT2D eigenvalue weighted by atomic mass is 10.1. The van der Waals surface area contributed by atoms with E-state index in [4.69, 9.17) is 5.73 Å². The van der Waals surface area contributed by atoms with Gasteiger partial charge in [-0.15, -0.1) is 0 Å². The fourth-order valence-electron chi connectivity index (χ4n) is 2.10. The van der Waals surface area contributed by atoms with E-state index in [1.54, 1.807) is 23.2 Å². The third-order valence-corrected chi connectivity index (χ3v) is 3.17. The molecule has 2 aromatic rings. The Balaban J connectivity index is 2.20. The lowest BCUT2D eigenvalue weighted by molar-refractivity contribution is 0.0748. The Bertz CT molecular complexity index is 610. The molecule has 0 radical (unpaired) electrons. The summed E-state index contributed by atoms with van der Waals surface area (Å²) in [7, 11) is 0. The Hall–Kier alpha value is -2.36. The van der Waals surface area contributed by atoms with Crippen LogP contribution >= 0.6 is 0 Å². The highest BCUT2D eigenvalue weighted by Gasteiger charge is 2.18. The van der Waals surface area contributed by atoms with Crippen LogP contribution in [0.3, 0.4) is 0 Å². The van der Waals surface area contributed by atoms with Crippen LogP contribution in [0.15, 0.2) is 42.6 Å². The van der Waals surface area contributed by atoms with Crippen LogP contribution < -0.4 is 5.73 Å². The Labute approximate surface area is 119 Å². The minimum absolute atomic E-state index is 0.132. The molecule has 20 heavy (non-hydrogen) atoms. The van der Waals surface area contributed by atoms with E-state index in [9.17, 15) is 4.79 Å². The second-order valence-corrected chi connectivity index (χ2v) is 4.75. The van der Waals surface area contributed by atoms with Crippen molar-refractivity contribution >= 4 is 11.6 Å². The van der Waals surface area contributed by atoms with Crippen LogP contribution in [0.2, 0.25) is 0 Å². The summed E-state index contributed by atoms with van der Waals surface area (Å²) in [5.74, 6) is -0.132. The predicted molar refractivity (Wildman–Crippen MR) is 80.2 cm³/mol. The highest BCUT2D eigenvalue weighted by molar-refractivity contribution is 5.97. The minimum atomic E-state index is -0.132. The van der Waals surface area contributed by atoms with Crippen LogP contribution in [-0.4, -0.2) is 22.3 Å². The molecule has 0 bridgehead atoms. The van der Waals surface area contributed by atoms with Crippen molar-refractivity contribution in [1.29, 1.82) is 0 Å². The number of nitrogens with two attached hydrogens (primary N) is 1.